The molecule has 0 radical (unpaired) electrons. The Morgan fingerprint density at radius 2 is 1.77 bits per heavy atom. The molecule has 0 unspecified atom stereocenters. The van der Waals surface area contributed by atoms with E-state index < -0.39 is 24.8 Å². The SMILES string of the molecule is CCCOc1cc([C@H](Cc2c(Cl)c[nH+]cc2Cl)OC(=O)c2ccc(CN(C(=O)O[C@H]3CN4CCC3CC4)c3cccnc3)cc2)ccc1OC(F)F.[OH-]. The normalized spacial score (nSPS) is 18.1. The number of anilines is 1. The first-order valence-electron chi connectivity index (χ1n) is 17.1. The fraction of sp³-hybridized carbons (Fsp3) is 0.368. The van der Waals surface area contributed by atoms with E-state index in [1.165, 1.54) is 18.2 Å². The number of esters is 1. The van der Waals surface area contributed by atoms with Gasteiger partial charge in [-0.3, -0.25) is 14.8 Å². The third kappa shape index (κ3) is 10.1. The molecule has 5 heterocycles. The number of carbonyl (C=O) groups is 2. The Labute approximate surface area is 316 Å². The van der Waals surface area contributed by atoms with Gasteiger partial charge in [0.25, 0.3) is 0 Å². The van der Waals surface area contributed by atoms with Gasteiger partial charge < -0.3 is 24.4 Å². The molecule has 53 heavy (non-hydrogen) atoms. The average Bonchev–Trinajstić information content (AvgIpc) is 3.15. The zero-order chi connectivity index (χ0) is 36.6. The third-order valence-corrected chi connectivity index (χ3v) is 9.88. The van der Waals surface area contributed by atoms with Crippen LogP contribution in [0.5, 0.6) is 11.5 Å². The van der Waals surface area contributed by atoms with Crippen LogP contribution in [0.2, 0.25) is 10.0 Å². The van der Waals surface area contributed by atoms with Crippen molar-refractivity contribution in [3.05, 3.63) is 112 Å². The molecular formula is C38H40Cl2F2N4O7. The maximum absolute atomic E-state index is 13.7. The second kappa shape index (κ2) is 18.5. The minimum absolute atomic E-state index is 0. The molecule has 7 rings (SSSR count). The van der Waals surface area contributed by atoms with Gasteiger partial charge in [-0.2, -0.15) is 8.78 Å². The first-order chi connectivity index (χ1) is 25.2. The first kappa shape index (κ1) is 39.6. The molecule has 2 aromatic heterocycles. The molecular weight excluding hydrogens is 733 g/mol. The monoisotopic (exact) mass is 772 g/mol. The number of alkyl halides is 2. The van der Waals surface area contributed by atoms with E-state index in [1.807, 2.05) is 6.92 Å². The van der Waals surface area contributed by atoms with Crippen molar-refractivity contribution in [2.24, 2.45) is 5.92 Å². The number of ether oxygens (including phenoxy) is 4. The fourth-order valence-corrected chi connectivity index (χ4v) is 7.00. The van der Waals surface area contributed by atoms with E-state index in [0.717, 1.165) is 38.0 Å². The molecule has 3 fully saturated rings. The lowest BCUT2D eigenvalue weighted by Gasteiger charge is -2.44. The highest BCUT2D eigenvalue weighted by Crippen LogP contribution is 2.37. The number of halogens is 4. The first-order valence-corrected chi connectivity index (χ1v) is 17.9. The molecule has 2 aromatic carbocycles. The van der Waals surface area contributed by atoms with Crippen LogP contribution >= 0.6 is 23.2 Å². The summed E-state index contributed by atoms with van der Waals surface area (Å²) in [6.07, 6.45) is 7.50. The summed E-state index contributed by atoms with van der Waals surface area (Å²) in [7, 11) is 0. The van der Waals surface area contributed by atoms with Gasteiger partial charge in [0.1, 0.15) is 22.3 Å². The van der Waals surface area contributed by atoms with Gasteiger partial charge in [0, 0.05) is 24.7 Å². The van der Waals surface area contributed by atoms with Crippen molar-refractivity contribution in [3.63, 3.8) is 0 Å². The summed E-state index contributed by atoms with van der Waals surface area (Å²) in [6.45, 7) is 2.05. The van der Waals surface area contributed by atoms with E-state index in [1.54, 1.807) is 66.1 Å². The summed E-state index contributed by atoms with van der Waals surface area (Å²) in [5, 5.41) is 0.645. The number of hydrogen-bond acceptors (Lipinski definition) is 9. The Hall–Kier alpha value is -4.56. The number of piperidine rings is 3. The van der Waals surface area contributed by atoms with Crippen LogP contribution < -0.4 is 19.4 Å². The van der Waals surface area contributed by atoms with Gasteiger partial charge in [0.15, 0.2) is 23.9 Å². The summed E-state index contributed by atoms with van der Waals surface area (Å²) in [5.74, 6) is -0.369. The Balaban J connectivity index is 0.00000541. The lowest BCUT2D eigenvalue weighted by Crippen LogP contribution is -2.53. The van der Waals surface area contributed by atoms with E-state index in [2.05, 4.69) is 19.6 Å². The number of pyridine rings is 2. The zero-order valence-electron chi connectivity index (χ0n) is 28.9. The molecule has 2 bridgehead atoms. The quantitative estimate of drug-likeness (QED) is 0.118. The number of aromatic nitrogens is 2. The lowest BCUT2D eigenvalue weighted by atomic mass is 9.86. The van der Waals surface area contributed by atoms with Gasteiger partial charge in [-0.1, -0.05) is 48.3 Å². The average molecular weight is 774 g/mol. The maximum Gasteiger partial charge on any atom is 0.414 e. The van der Waals surface area contributed by atoms with Crippen LogP contribution in [0.3, 0.4) is 0 Å². The smallest absolute Gasteiger partial charge is 0.414 e. The molecule has 15 heteroatoms. The van der Waals surface area contributed by atoms with Crippen molar-refractivity contribution < 1.29 is 47.8 Å². The second-order valence-corrected chi connectivity index (χ2v) is 13.5. The van der Waals surface area contributed by atoms with E-state index in [0.29, 0.717) is 39.2 Å². The highest BCUT2D eigenvalue weighted by Gasteiger charge is 2.37. The maximum atomic E-state index is 13.7. The van der Waals surface area contributed by atoms with Gasteiger partial charge in [-0.05, 0) is 85.8 Å². The van der Waals surface area contributed by atoms with Gasteiger partial charge in [-0.25, -0.2) is 14.6 Å². The molecule has 0 saturated carbocycles. The van der Waals surface area contributed by atoms with Crippen LogP contribution in [0, 0.1) is 5.92 Å². The predicted octanol–water partition coefficient (Wildman–Crippen LogP) is 7.79. The highest BCUT2D eigenvalue weighted by atomic mass is 35.5. The van der Waals surface area contributed by atoms with Gasteiger partial charge in [0.2, 0.25) is 0 Å². The Morgan fingerprint density at radius 1 is 1.04 bits per heavy atom. The number of carbonyl (C=O) groups excluding carboxylic acids is 2. The largest absolute Gasteiger partial charge is 0.870 e. The lowest BCUT2D eigenvalue weighted by molar-refractivity contribution is -0.377. The number of aromatic amines is 1. The molecule has 3 saturated heterocycles. The van der Waals surface area contributed by atoms with E-state index in [4.69, 9.17) is 37.4 Å². The highest BCUT2D eigenvalue weighted by molar-refractivity contribution is 6.35. The second-order valence-electron chi connectivity index (χ2n) is 12.7. The van der Waals surface area contributed by atoms with Crippen LogP contribution in [0.1, 0.15) is 59.3 Å². The zero-order valence-corrected chi connectivity index (χ0v) is 30.4. The predicted molar refractivity (Wildman–Crippen MR) is 192 cm³/mol. The Bertz CT molecular complexity index is 1810. The van der Waals surface area contributed by atoms with Crippen molar-refractivity contribution in [1.82, 2.24) is 9.88 Å². The number of H-pyrrole nitrogens is 1. The molecule has 282 valence electrons. The Kier molecular flexibility index (Phi) is 13.8. The number of amides is 1. The molecule has 2 atom stereocenters. The van der Waals surface area contributed by atoms with Crippen LogP contribution in [0.15, 0.2) is 79.4 Å². The molecule has 1 amide bonds. The summed E-state index contributed by atoms with van der Waals surface area (Å²) in [6, 6.07) is 14.6. The van der Waals surface area contributed by atoms with Crippen molar-refractivity contribution in [2.45, 2.75) is 58.0 Å². The van der Waals surface area contributed by atoms with Gasteiger partial charge >= 0.3 is 18.7 Å². The fourth-order valence-electron chi connectivity index (χ4n) is 6.47. The van der Waals surface area contributed by atoms with Gasteiger partial charge in [-0.15, -0.1) is 0 Å². The topological polar surface area (TPSA) is 135 Å². The van der Waals surface area contributed by atoms with Crippen LogP contribution in [-0.4, -0.2) is 66.4 Å². The molecule has 3 aliphatic heterocycles. The summed E-state index contributed by atoms with van der Waals surface area (Å²) in [5.41, 5.74) is 2.54. The van der Waals surface area contributed by atoms with Crippen molar-refractivity contribution in [2.75, 3.05) is 31.1 Å². The standard InChI is InChI=1S/C38H38Cl2F2N4O6.H2O/c1-2-16-49-34-17-27(9-10-32(34)51-37(41)42)33(18-29-30(39)20-44-21-31(29)40)50-36(47)26-7-5-24(6-8-26)22-46(28-4-3-13-43-19-28)38(48)52-35-23-45-14-11-25(35)12-15-45;/h3-10,13,17,19-21,25,33,35,37H,2,11-12,14-16,18,22-23H2,1H3;1H2/t33-,35-;/m0./s1. The number of nitrogens with one attached hydrogen (secondary N) is 1. The van der Waals surface area contributed by atoms with Crippen LogP contribution in [0.25, 0.3) is 0 Å². The number of benzene rings is 2. The molecule has 0 aliphatic carbocycles. The summed E-state index contributed by atoms with van der Waals surface area (Å²) >= 11 is 12.9. The third-order valence-electron chi connectivity index (χ3n) is 9.21. The minimum Gasteiger partial charge on any atom is -0.870 e. The van der Waals surface area contributed by atoms with Crippen molar-refractivity contribution in [3.8, 4) is 11.5 Å². The van der Waals surface area contributed by atoms with Crippen LogP contribution in [-0.2, 0) is 22.4 Å². The number of nitrogens with zero attached hydrogens (tertiary/aromatic N) is 3. The number of rotatable bonds is 14. The molecule has 11 nitrogen and oxygen atoms in total. The van der Waals surface area contributed by atoms with Crippen molar-refractivity contribution in [1.29, 1.82) is 0 Å². The van der Waals surface area contributed by atoms with E-state index >= 15 is 0 Å². The molecule has 2 N–H and O–H groups in total. The van der Waals surface area contributed by atoms with Crippen molar-refractivity contribution >= 4 is 41.0 Å². The Morgan fingerprint density at radius 3 is 2.40 bits per heavy atom. The van der Waals surface area contributed by atoms with E-state index in [-0.39, 0.29) is 48.2 Å². The molecule has 4 aromatic rings. The number of hydrogen-bond donors (Lipinski definition) is 0. The molecule has 0 spiro atoms. The van der Waals surface area contributed by atoms with E-state index in [9.17, 15) is 18.4 Å². The number of fused-ring (bicyclic) bond motifs is 3. The minimum atomic E-state index is -3.06. The summed E-state index contributed by atoms with van der Waals surface area (Å²) in [4.78, 5) is 38.2. The van der Waals surface area contributed by atoms with Gasteiger partial charge in [0.05, 0.1) is 30.6 Å². The molecule has 3 aliphatic rings. The van der Waals surface area contributed by atoms with Crippen LogP contribution in [0.4, 0.5) is 19.3 Å². The summed E-state index contributed by atoms with van der Waals surface area (Å²) < 4.78 is 48.8.